The number of rotatable bonds is 4. The summed E-state index contributed by atoms with van der Waals surface area (Å²) in [6, 6.07) is 15.6. The van der Waals surface area contributed by atoms with Crippen LogP contribution in [0.25, 0.3) is 11.5 Å². The first-order chi connectivity index (χ1) is 9.83. The normalized spacial score (nSPS) is 10.4. The minimum Gasteiger partial charge on any atom is -0.423 e. The van der Waals surface area contributed by atoms with Crippen molar-refractivity contribution in [2.75, 3.05) is 11.1 Å². The van der Waals surface area contributed by atoms with Crippen molar-refractivity contribution in [1.29, 1.82) is 0 Å². The van der Waals surface area contributed by atoms with Crippen LogP contribution < -0.4 is 11.1 Å². The van der Waals surface area contributed by atoms with E-state index in [1.807, 2.05) is 48.5 Å². The molecule has 0 unspecified atom stereocenters. The van der Waals surface area contributed by atoms with E-state index in [1.165, 1.54) is 6.39 Å². The first kappa shape index (κ1) is 12.2. The van der Waals surface area contributed by atoms with Crippen molar-refractivity contribution in [2.45, 2.75) is 6.54 Å². The molecule has 0 bridgehead atoms. The Morgan fingerprint density at radius 2 is 1.85 bits per heavy atom. The molecular weight excluding hydrogens is 252 g/mol. The van der Waals surface area contributed by atoms with E-state index in [2.05, 4.69) is 15.5 Å². The Kier molecular flexibility index (Phi) is 3.33. The molecule has 3 aromatic rings. The standard InChI is InChI=1S/C15H14N4O/c16-14-4-2-1-3-12(14)9-17-13-7-5-11(6-8-13)15-19-18-10-20-15/h1-8,10,17H,9,16H2. The van der Waals surface area contributed by atoms with Crippen LogP contribution in [0.4, 0.5) is 11.4 Å². The average molecular weight is 266 g/mol. The second-order valence-electron chi connectivity index (χ2n) is 4.37. The van der Waals surface area contributed by atoms with E-state index in [1.54, 1.807) is 0 Å². The summed E-state index contributed by atoms with van der Waals surface area (Å²) in [4.78, 5) is 0. The predicted octanol–water partition coefficient (Wildman–Crippen LogP) is 2.93. The van der Waals surface area contributed by atoms with Crippen LogP contribution in [0, 0.1) is 0 Å². The molecule has 0 aliphatic heterocycles. The quantitative estimate of drug-likeness (QED) is 0.710. The molecule has 0 aliphatic carbocycles. The topological polar surface area (TPSA) is 77.0 Å². The van der Waals surface area contributed by atoms with Gasteiger partial charge in [-0.15, -0.1) is 10.2 Å². The van der Waals surface area contributed by atoms with Crippen LogP contribution in [0.5, 0.6) is 0 Å². The fourth-order valence-electron chi connectivity index (χ4n) is 1.92. The maximum atomic E-state index is 5.91. The number of nitrogen functional groups attached to an aromatic ring is 1. The monoisotopic (exact) mass is 266 g/mol. The van der Waals surface area contributed by atoms with Crippen molar-refractivity contribution in [3.8, 4) is 11.5 Å². The van der Waals surface area contributed by atoms with Crippen LogP contribution in [0.1, 0.15) is 5.56 Å². The summed E-state index contributed by atoms with van der Waals surface area (Å²) in [6.07, 6.45) is 1.32. The third-order valence-electron chi connectivity index (χ3n) is 3.03. The number of nitrogens with two attached hydrogens (primary N) is 1. The highest BCUT2D eigenvalue weighted by Crippen LogP contribution is 2.20. The van der Waals surface area contributed by atoms with Gasteiger partial charge >= 0.3 is 0 Å². The molecule has 2 aromatic carbocycles. The summed E-state index contributed by atoms with van der Waals surface area (Å²) in [5, 5.41) is 10.9. The van der Waals surface area contributed by atoms with E-state index in [0.717, 1.165) is 22.5 Å². The molecule has 0 atom stereocenters. The van der Waals surface area contributed by atoms with Crippen LogP contribution >= 0.6 is 0 Å². The maximum Gasteiger partial charge on any atom is 0.247 e. The second-order valence-corrected chi connectivity index (χ2v) is 4.37. The fraction of sp³-hybridized carbons (Fsp3) is 0.0667. The van der Waals surface area contributed by atoms with Gasteiger partial charge in [-0.1, -0.05) is 18.2 Å². The Balaban J connectivity index is 1.68. The molecule has 1 aromatic heterocycles. The number of nitrogens with one attached hydrogen (secondary N) is 1. The van der Waals surface area contributed by atoms with Gasteiger partial charge in [-0.25, -0.2) is 0 Å². The van der Waals surface area contributed by atoms with Crippen molar-refractivity contribution in [2.24, 2.45) is 0 Å². The Morgan fingerprint density at radius 1 is 1.05 bits per heavy atom. The van der Waals surface area contributed by atoms with Crippen molar-refractivity contribution < 1.29 is 4.42 Å². The fourth-order valence-corrected chi connectivity index (χ4v) is 1.92. The molecule has 5 heteroatoms. The number of para-hydroxylation sites is 1. The van der Waals surface area contributed by atoms with E-state index < -0.39 is 0 Å². The van der Waals surface area contributed by atoms with Gasteiger partial charge in [0.05, 0.1) is 0 Å². The molecule has 5 nitrogen and oxygen atoms in total. The van der Waals surface area contributed by atoms with Crippen LogP contribution in [-0.4, -0.2) is 10.2 Å². The van der Waals surface area contributed by atoms with Crippen LogP contribution in [0.3, 0.4) is 0 Å². The van der Waals surface area contributed by atoms with Crippen molar-refractivity contribution in [3.05, 3.63) is 60.5 Å². The highest BCUT2D eigenvalue weighted by molar-refractivity contribution is 5.58. The lowest BCUT2D eigenvalue weighted by Gasteiger charge is -2.08. The first-order valence-electron chi connectivity index (χ1n) is 6.27. The molecule has 0 amide bonds. The van der Waals surface area contributed by atoms with Gasteiger partial charge in [-0.3, -0.25) is 0 Å². The lowest BCUT2D eigenvalue weighted by molar-refractivity contribution is 0.568. The van der Waals surface area contributed by atoms with Crippen LogP contribution in [-0.2, 0) is 6.54 Å². The number of nitrogens with zero attached hydrogens (tertiary/aromatic N) is 2. The van der Waals surface area contributed by atoms with Gasteiger partial charge < -0.3 is 15.5 Å². The number of hydrogen-bond donors (Lipinski definition) is 2. The van der Waals surface area contributed by atoms with Gasteiger partial charge in [0.2, 0.25) is 12.3 Å². The lowest BCUT2D eigenvalue weighted by Crippen LogP contribution is -2.02. The van der Waals surface area contributed by atoms with E-state index in [4.69, 9.17) is 10.2 Å². The summed E-state index contributed by atoms with van der Waals surface area (Å²) in [6.45, 7) is 0.687. The number of aromatic nitrogens is 2. The molecule has 100 valence electrons. The smallest absolute Gasteiger partial charge is 0.247 e. The molecule has 0 spiro atoms. The Bertz CT molecular complexity index is 677. The Hall–Kier alpha value is -2.82. The van der Waals surface area contributed by atoms with Gasteiger partial charge in [0.15, 0.2) is 0 Å². The SMILES string of the molecule is Nc1ccccc1CNc1ccc(-c2nnco2)cc1. The minimum atomic E-state index is 0.517. The van der Waals surface area contributed by atoms with Crippen molar-refractivity contribution in [3.63, 3.8) is 0 Å². The number of hydrogen-bond acceptors (Lipinski definition) is 5. The predicted molar refractivity (Wildman–Crippen MR) is 77.9 cm³/mol. The highest BCUT2D eigenvalue weighted by Gasteiger charge is 2.03. The molecule has 0 saturated heterocycles. The van der Waals surface area contributed by atoms with Crippen LogP contribution in [0.2, 0.25) is 0 Å². The number of anilines is 2. The van der Waals surface area contributed by atoms with Gasteiger partial charge in [-0.2, -0.15) is 0 Å². The molecule has 1 heterocycles. The maximum absolute atomic E-state index is 5.91. The molecule has 0 saturated carbocycles. The van der Waals surface area contributed by atoms with Crippen molar-refractivity contribution in [1.82, 2.24) is 10.2 Å². The third kappa shape index (κ3) is 2.61. The minimum absolute atomic E-state index is 0.517. The molecule has 0 radical (unpaired) electrons. The summed E-state index contributed by atoms with van der Waals surface area (Å²) in [5.74, 6) is 0.517. The van der Waals surface area contributed by atoms with Gasteiger partial charge in [0, 0.05) is 23.5 Å². The van der Waals surface area contributed by atoms with Crippen LogP contribution in [0.15, 0.2) is 59.3 Å². The lowest BCUT2D eigenvalue weighted by atomic mass is 10.1. The van der Waals surface area contributed by atoms with E-state index in [-0.39, 0.29) is 0 Å². The van der Waals surface area contributed by atoms with Gasteiger partial charge in [-0.05, 0) is 35.9 Å². The zero-order valence-electron chi connectivity index (χ0n) is 10.8. The largest absolute Gasteiger partial charge is 0.423 e. The average Bonchev–Trinajstić information content (AvgIpc) is 3.01. The first-order valence-corrected chi connectivity index (χ1v) is 6.27. The molecular formula is C15H14N4O. The van der Waals surface area contributed by atoms with Gasteiger partial charge in [0.25, 0.3) is 0 Å². The second kappa shape index (κ2) is 5.44. The molecule has 3 N–H and O–H groups in total. The van der Waals surface area contributed by atoms with E-state index in [0.29, 0.717) is 12.4 Å². The zero-order chi connectivity index (χ0) is 13.8. The van der Waals surface area contributed by atoms with E-state index >= 15 is 0 Å². The molecule has 20 heavy (non-hydrogen) atoms. The number of benzene rings is 2. The van der Waals surface area contributed by atoms with E-state index in [9.17, 15) is 0 Å². The highest BCUT2D eigenvalue weighted by atomic mass is 16.4. The molecule has 0 aliphatic rings. The Labute approximate surface area is 116 Å². The summed E-state index contributed by atoms with van der Waals surface area (Å²) in [7, 11) is 0. The third-order valence-corrected chi connectivity index (χ3v) is 3.03. The molecule has 0 fully saturated rings. The summed E-state index contributed by atoms with van der Waals surface area (Å²) >= 11 is 0. The summed E-state index contributed by atoms with van der Waals surface area (Å²) < 4.78 is 5.15. The van der Waals surface area contributed by atoms with Crippen molar-refractivity contribution >= 4 is 11.4 Å². The Morgan fingerprint density at radius 3 is 2.55 bits per heavy atom. The molecule has 3 rings (SSSR count). The zero-order valence-corrected chi connectivity index (χ0v) is 10.8. The summed E-state index contributed by atoms with van der Waals surface area (Å²) in [5.41, 5.74) is 9.68. The van der Waals surface area contributed by atoms with Gasteiger partial charge in [0.1, 0.15) is 0 Å².